The van der Waals surface area contributed by atoms with Crippen molar-refractivity contribution in [2.45, 2.75) is 58.7 Å². The van der Waals surface area contributed by atoms with Crippen LogP contribution in [-0.2, 0) is 22.2 Å². The fourth-order valence-corrected chi connectivity index (χ4v) is 2.60. The first kappa shape index (κ1) is 26.2. The number of benzene rings is 1. The normalized spacial score (nSPS) is 12.4. The van der Waals surface area contributed by atoms with Crippen LogP contribution >= 0.6 is 0 Å². The van der Waals surface area contributed by atoms with E-state index in [1.807, 2.05) is 20.8 Å². The summed E-state index contributed by atoms with van der Waals surface area (Å²) in [5.41, 5.74) is 9.69. The van der Waals surface area contributed by atoms with Crippen molar-refractivity contribution in [2.24, 2.45) is 17.4 Å². The van der Waals surface area contributed by atoms with Crippen LogP contribution in [0, 0.1) is 5.92 Å². The number of fused-ring (bicyclic) bond motifs is 1. The maximum absolute atomic E-state index is 12.9. The van der Waals surface area contributed by atoms with Crippen molar-refractivity contribution in [3.05, 3.63) is 23.4 Å². The predicted molar refractivity (Wildman–Crippen MR) is 107 cm³/mol. The van der Waals surface area contributed by atoms with E-state index in [2.05, 4.69) is 5.16 Å². The molecule has 1 heterocycles. The number of hydrogen-bond donors (Lipinski definition) is 3. The van der Waals surface area contributed by atoms with Gasteiger partial charge in [-0.05, 0) is 30.9 Å². The molecule has 0 fully saturated rings. The van der Waals surface area contributed by atoms with Crippen molar-refractivity contribution >= 4 is 22.8 Å². The topological polar surface area (TPSA) is 142 Å². The molecule has 0 radical (unpaired) electrons. The number of rotatable bonds is 9. The third kappa shape index (κ3) is 7.74. The van der Waals surface area contributed by atoms with Crippen LogP contribution in [0.5, 0.6) is 5.75 Å². The molecule has 0 aliphatic heterocycles. The number of halogens is 3. The standard InChI is InChI=1S/C15H16F3NO4.C5H12N2O/c1-2-4-9-11(22-8-3-5-12(20)21)7-6-10-13(9)23-19-14(10)15(16,17)18;1-3(2)4(6)5(7)8/h6-7H,2-5,8H2,1H3,(H,20,21);3-4H,6H2,1-2H3,(H2,7,8)/t;4-/m.0/s1. The highest BCUT2D eigenvalue weighted by atomic mass is 19.4. The van der Waals surface area contributed by atoms with Crippen molar-refractivity contribution in [1.29, 1.82) is 0 Å². The molecular formula is C20H28F3N3O5. The van der Waals surface area contributed by atoms with E-state index in [1.54, 1.807) is 0 Å². The number of ether oxygens (including phenoxy) is 1. The molecule has 1 amide bonds. The minimum atomic E-state index is -4.58. The quantitative estimate of drug-likeness (QED) is 0.500. The van der Waals surface area contributed by atoms with Gasteiger partial charge in [-0.2, -0.15) is 13.2 Å². The van der Waals surface area contributed by atoms with Gasteiger partial charge in [-0.1, -0.05) is 32.3 Å². The van der Waals surface area contributed by atoms with E-state index in [0.717, 1.165) is 0 Å². The number of hydrogen-bond acceptors (Lipinski definition) is 6. The summed E-state index contributed by atoms with van der Waals surface area (Å²) in [4.78, 5) is 20.7. The Morgan fingerprint density at radius 1 is 1.29 bits per heavy atom. The SMILES string of the molecule is CC(C)[C@H](N)C(N)=O.CCCc1c(OCCCC(=O)O)ccc2c(C(F)(F)F)noc12. The molecule has 0 saturated carbocycles. The Balaban J connectivity index is 0.000000512. The molecule has 0 spiro atoms. The van der Waals surface area contributed by atoms with Crippen LogP contribution in [0.3, 0.4) is 0 Å². The van der Waals surface area contributed by atoms with E-state index in [4.69, 9.17) is 25.8 Å². The summed E-state index contributed by atoms with van der Waals surface area (Å²) >= 11 is 0. The molecule has 0 aliphatic rings. The van der Waals surface area contributed by atoms with E-state index in [0.29, 0.717) is 30.6 Å². The molecule has 5 N–H and O–H groups in total. The van der Waals surface area contributed by atoms with Crippen LogP contribution in [-0.4, -0.2) is 34.8 Å². The smallest absolute Gasteiger partial charge is 0.437 e. The molecule has 1 aromatic carbocycles. The summed E-state index contributed by atoms with van der Waals surface area (Å²) in [6, 6.07) is 2.22. The van der Waals surface area contributed by atoms with Gasteiger partial charge < -0.3 is 25.8 Å². The summed E-state index contributed by atoms with van der Waals surface area (Å²) < 4.78 is 49.1. The lowest BCUT2D eigenvalue weighted by Gasteiger charge is -2.11. The van der Waals surface area contributed by atoms with Crippen LogP contribution in [0.2, 0.25) is 0 Å². The third-order valence-corrected chi connectivity index (χ3v) is 4.31. The van der Waals surface area contributed by atoms with Crippen molar-refractivity contribution in [3.8, 4) is 5.75 Å². The van der Waals surface area contributed by atoms with Gasteiger partial charge in [-0.15, -0.1) is 0 Å². The van der Waals surface area contributed by atoms with Gasteiger partial charge in [-0.3, -0.25) is 9.59 Å². The maximum Gasteiger partial charge on any atom is 0.437 e. The Kier molecular flexibility index (Phi) is 9.76. The molecule has 0 bridgehead atoms. The number of carbonyl (C=O) groups excluding carboxylic acids is 1. The van der Waals surface area contributed by atoms with Crippen LogP contribution in [0.4, 0.5) is 13.2 Å². The lowest BCUT2D eigenvalue weighted by molar-refractivity contribution is -0.141. The largest absolute Gasteiger partial charge is 0.493 e. The molecule has 8 nitrogen and oxygen atoms in total. The van der Waals surface area contributed by atoms with Crippen LogP contribution in [0.25, 0.3) is 11.0 Å². The highest BCUT2D eigenvalue weighted by molar-refractivity contribution is 5.85. The van der Waals surface area contributed by atoms with Crippen LogP contribution < -0.4 is 16.2 Å². The summed E-state index contributed by atoms with van der Waals surface area (Å²) in [6.45, 7) is 5.76. The first-order valence-electron chi connectivity index (χ1n) is 9.78. The second-order valence-corrected chi connectivity index (χ2v) is 7.22. The van der Waals surface area contributed by atoms with Gasteiger partial charge in [0.2, 0.25) is 5.91 Å². The molecule has 1 atom stereocenters. The molecular weight excluding hydrogens is 419 g/mol. The Labute approximate surface area is 177 Å². The zero-order valence-electron chi connectivity index (χ0n) is 17.7. The number of aryl methyl sites for hydroxylation is 1. The summed E-state index contributed by atoms with van der Waals surface area (Å²) in [5, 5.41) is 11.6. The summed E-state index contributed by atoms with van der Waals surface area (Å²) in [6.07, 6.45) is -3.15. The second-order valence-electron chi connectivity index (χ2n) is 7.22. The third-order valence-electron chi connectivity index (χ3n) is 4.31. The molecule has 174 valence electrons. The molecule has 0 unspecified atom stereocenters. The van der Waals surface area contributed by atoms with Gasteiger partial charge >= 0.3 is 12.1 Å². The number of carboxylic acids is 1. The molecule has 2 rings (SSSR count). The Hall–Kier alpha value is -2.82. The number of nitrogens with zero attached hydrogens (tertiary/aromatic N) is 1. The van der Waals surface area contributed by atoms with Crippen LogP contribution in [0.1, 0.15) is 51.3 Å². The van der Waals surface area contributed by atoms with Gasteiger partial charge in [0.25, 0.3) is 0 Å². The first-order chi connectivity index (χ1) is 14.4. The highest BCUT2D eigenvalue weighted by Gasteiger charge is 2.37. The van der Waals surface area contributed by atoms with E-state index < -0.39 is 29.8 Å². The van der Waals surface area contributed by atoms with Crippen molar-refractivity contribution in [3.63, 3.8) is 0 Å². The Morgan fingerprint density at radius 2 is 1.94 bits per heavy atom. The number of aliphatic carboxylic acids is 1. The predicted octanol–water partition coefficient (Wildman–Crippen LogP) is 3.50. The Morgan fingerprint density at radius 3 is 2.39 bits per heavy atom. The molecule has 0 aliphatic carbocycles. The average molecular weight is 447 g/mol. The lowest BCUT2D eigenvalue weighted by atomic mass is 10.0. The summed E-state index contributed by atoms with van der Waals surface area (Å²) in [7, 11) is 0. The van der Waals surface area contributed by atoms with E-state index in [-0.39, 0.29) is 29.9 Å². The molecule has 1 aromatic heterocycles. The van der Waals surface area contributed by atoms with Gasteiger partial charge in [0.1, 0.15) is 5.75 Å². The van der Waals surface area contributed by atoms with Gasteiger partial charge in [-0.25, -0.2) is 0 Å². The minimum Gasteiger partial charge on any atom is -0.493 e. The van der Waals surface area contributed by atoms with Crippen molar-refractivity contribution in [1.82, 2.24) is 5.16 Å². The van der Waals surface area contributed by atoms with E-state index >= 15 is 0 Å². The number of alkyl halides is 3. The zero-order chi connectivity index (χ0) is 23.8. The van der Waals surface area contributed by atoms with Gasteiger partial charge in [0.05, 0.1) is 18.0 Å². The zero-order valence-corrected chi connectivity index (χ0v) is 17.7. The van der Waals surface area contributed by atoms with E-state index in [9.17, 15) is 22.8 Å². The first-order valence-corrected chi connectivity index (χ1v) is 9.78. The lowest BCUT2D eigenvalue weighted by Crippen LogP contribution is -2.40. The van der Waals surface area contributed by atoms with E-state index in [1.165, 1.54) is 12.1 Å². The average Bonchev–Trinajstić information content (AvgIpc) is 3.11. The monoisotopic (exact) mass is 447 g/mol. The van der Waals surface area contributed by atoms with Crippen molar-refractivity contribution < 1.29 is 37.1 Å². The fourth-order valence-electron chi connectivity index (χ4n) is 2.60. The Bertz CT molecular complexity index is 881. The van der Waals surface area contributed by atoms with Crippen LogP contribution in [0.15, 0.2) is 16.7 Å². The molecule has 0 saturated heterocycles. The summed E-state index contributed by atoms with van der Waals surface area (Å²) in [5.74, 6) is -0.815. The minimum absolute atomic E-state index is 0.0358. The second kappa shape index (κ2) is 11.5. The number of amides is 1. The van der Waals surface area contributed by atoms with Gasteiger partial charge in [0, 0.05) is 12.0 Å². The number of primary amides is 1. The number of carboxylic acid groups (broad SMARTS) is 1. The fraction of sp³-hybridized carbons (Fsp3) is 0.550. The highest BCUT2D eigenvalue weighted by Crippen LogP contribution is 2.38. The van der Waals surface area contributed by atoms with Gasteiger partial charge in [0.15, 0.2) is 11.3 Å². The molecule has 31 heavy (non-hydrogen) atoms. The maximum atomic E-state index is 12.9. The molecule has 2 aromatic rings. The number of carbonyl (C=O) groups is 2. The van der Waals surface area contributed by atoms with Crippen molar-refractivity contribution in [2.75, 3.05) is 6.61 Å². The number of aromatic nitrogens is 1. The molecule has 11 heteroatoms. The number of nitrogens with two attached hydrogens (primary N) is 2.